The van der Waals surface area contributed by atoms with Gasteiger partial charge in [0.1, 0.15) is 24.6 Å². The van der Waals surface area contributed by atoms with Gasteiger partial charge in [-0.25, -0.2) is 9.31 Å². The maximum atomic E-state index is 12.6. The molecule has 0 aliphatic carbocycles. The molecule has 0 N–H and O–H groups in total. The largest absolute Gasteiger partial charge is 0.473 e. The van der Waals surface area contributed by atoms with Gasteiger partial charge in [-0.3, -0.25) is 0 Å². The molecule has 0 bridgehead atoms. The first-order valence-corrected chi connectivity index (χ1v) is 17.3. The van der Waals surface area contributed by atoms with E-state index in [1.165, 1.54) is 0 Å². The predicted molar refractivity (Wildman–Crippen MR) is 191 cm³/mol. The molecule has 9 nitrogen and oxygen atoms in total. The van der Waals surface area contributed by atoms with Crippen LogP contribution >= 0.6 is 0 Å². The molecule has 0 unspecified atom stereocenters. The lowest BCUT2D eigenvalue weighted by atomic mass is 9.71. The van der Waals surface area contributed by atoms with E-state index in [-0.39, 0.29) is 11.5 Å². The molecule has 2 aliphatic heterocycles. The molecular formula is C40H45N5O4. The van der Waals surface area contributed by atoms with Crippen molar-refractivity contribution in [3.63, 3.8) is 0 Å². The van der Waals surface area contributed by atoms with Crippen molar-refractivity contribution in [2.24, 2.45) is 5.41 Å². The topological polar surface area (TPSA) is 81.4 Å². The fourth-order valence-electron chi connectivity index (χ4n) is 6.92. The van der Waals surface area contributed by atoms with Crippen LogP contribution in [0, 0.1) is 5.41 Å². The summed E-state index contributed by atoms with van der Waals surface area (Å²) in [7, 11) is 0. The number of pyridine rings is 2. The molecule has 2 aliphatic rings. The third-order valence-electron chi connectivity index (χ3n) is 9.72. The van der Waals surface area contributed by atoms with E-state index in [1.807, 2.05) is 109 Å². The number of nitrogens with zero attached hydrogens (tertiary/aromatic N) is 5. The maximum absolute atomic E-state index is 12.6. The van der Waals surface area contributed by atoms with Crippen LogP contribution in [0.2, 0.25) is 0 Å². The van der Waals surface area contributed by atoms with Crippen LogP contribution in [-0.4, -0.2) is 57.4 Å². The SMILES string of the molecule is CC(C)(C)OC(=O)N1CCC2(CC1)CCN(c1cccc3c(-c4ccc(OCc5ccccc5)nc4OCc4ccccc4)cnn13)CC2. The summed E-state index contributed by atoms with van der Waals surface area (Å²) < 4.78 is 20.1. The average Bonchev–Trinajstić information content (AvgIpc) is 3.55. The Labute approximate surface area is 288 Å². The van der Waals surface area contributed by atoms with Gasteiger partial charge in [-0.15, -0.1) is 0 Å². The summed E-state index contributed by atoms with van der Waals surface area (Å²) in [5, 5.41) is 4.89. The number of rotatable bonds is 8. The van der Waals surface area contributed by atoms with Crippen molar-refractivity contribution in [1.29, 1.82) is 0 Å². The molecule has 0 radical (unpaired) electrons. The highest BCUT2D eigenvalue weighted by Gasteiger charge is 2.39. The Morgan fingerprint density at radius 3 is 2.02 bits per heavy atom. The van der Waals surface area contributed by atoms with Crippen LogP contribution in [0.4, 0.5) is 10.6 Å². The van der Waals surface area contributed by atoms with Crippen LogP contribution in [-0.2, 0) is 18.0 Å². The zero-order chi connectivity index (χ0) is 33.8. The number of fused-ring (bicyclic) bond motifs is 1. The molecule has 1 amide bonds. The van der Waals surface area contributed by atoms with Crippen molar-refractivity contribution in [2.45, 2.75) is 65.3 Å². The van der Waals surface area contributed by atoms with Crippen LogP contribution in [0.25, 0.3) is 16.6 Å². The third kappa shape index (κ3) is 7.51. The van der Waals surface area contributed by atoms with Crippen molar-refractivity contribution in [3.8, 4) is 22.9 Å². The monoisotopic (exact) mass is 659 g/mol. The average molecular weight is 660 g/mol. The van der Waals surface area contributed by atoms with Crippen LogP contribution < -0.4 is 14.4 Å². The van der Waals surface area contributed by atoms with Crippen molar-refractivity contribution in [2.75, 3.05) is 31.1 Å². The number of likely N-dealkylation sites (tertiary alicyclic amines) is 1. The van der Waals surface area contributed by atoms with Crippen LogP contribution in [0.5, 0.6) is 11.8 Å². The van der Waals surface area contributed by atoms with E-state index in [2.05, 4.69) is 23.1 Å². The molecule has 49 heavy (non-hydrogen) atoms. The Kier molecular flexibility index (Phi) is 9.17. The molecule has 9 heteroatoms. The van der Waals surface area contributed by atoms with Gasteiger partial charge in [-0.05, 0) is 81.2 Å². The number of aromatic nitrogens is 3. The first-order chi connectivity index (χ1) is 23.8. The molecule has 2 aromatic carbocycles. The van der Waals surface area contributed by atoms with E-state index in [0.29, 0.717) is 25.0 Å². The molecule has 5 aromatic rings. The van der Waals surface area contributed by atoms with Gasteiger partial charge in [0.25, 0.3) is 0 Å². The van der Waals surface area contributed by atoms with E-state index in [4.69, 9.17) is 24.3 Å². The van der Waals surface area contributed by atoms with E-state index < -0.39 is 5.60 Å². The maximum Gasteiger partial charge on any atom is 0.410 e. The number of carbonyl (C=O) groups excluding carboxylic acids is 1. The van der Waals surface area contributed by atoms with Gasteiger partial charge in [0.2, 0.25) is 11.8 Å². The van der Waals surface area contributed by atoms with Crippen molar-refractivity contribution in [1.82, 2.24) is 19.5 Å². The number of amides is 1. The van der Waals surface area contributed by atoms with E-state index >= 15 is 0 Å². The summed E-state index contributed by atoms with van der Waals surface area (Å²) in [4.78, 5) is 21.8. The minimum absolute atomic E-state index is 0.195. The first-order valence-electron chi connectivity index (χ1n) is 17.3. The van der Waals surface area contributed by atoms with Crippen LogP contribution in [0.1, 0.15) is 57.6 Å². The normalized spacial score (nSPS) is 16.1. The highest BCUT2D eigenvalue weighted by Crippen LogP contribution is 2.43. The fourth-order valence-corrected chi connectivity index (χ4v) is 6.92. The van der Waals surface area contributed by atoms with Gasteiger partial charge in [-0.1, -0.05) is 66.7 Å². The Morgan fingerprint density at radius 2 is 1.37 bits per heavy atom. The second-order valence-corrected chi connectivity index (χ2v) is 14.2. The van der Waals surface area contributed by atoms with Gasteiger partial charge in [0.15, 0.2) is 0 Å². The number of hydrogen-bond donors (Lipinski definition) is 0. The summed E-state index contributed by atoms with van der Waals surface area (Å²) in [6.07, 6.45) is 5.92. The lowest BCUT2D eigenvalue weighted by molar-refractivity contribution is 0.00663. The minimum Gasteiger partial charge on any atom is -0.473 e. The lowest BCUT2D eigenvalue weighted by Crippen LogP contribution is -2.49. The Bertz CT molecular complexity index is 1870. The zero-order valence-electron chi connectivity index (χ0n) is 28.7. The number of ether oxygens (including phenoxy) is 3. The minimum atomic E-state index is -0.474. The number of piperidine rings is 2. The van der Waals surface area contributed by atoms with Gasteiger partial charge in [0, 0.05) is 43.4 Å². The number of anilines is 1. The zero-order valence-corrected chi connectivity index (χ0v) is 28.7. The molecule has 5 heterocycles. The van der Waals surface area contributed by atoms with Crippen LogP contribution in [0.15, 0.2) is 97.2 Å². The van der Waals surface area contributed by atoms with Gasteiger partial charge < -0.3 is 24.0 Å². The highest BCUT2D eigenvalue weighted by atomic mass is 16.6. The standard InChI is InChI=1S/C40H45N5O4/c1-39(2,3)49-38(46)44-25-21-40(22-26-44)19-23-43(24-20-40)36-16-10-15-34-33(27-41-45(34)36)32-17-18-35(47-28-30-11-6-4-7-12-30)42-37(32)48-29-31-13-8-5-9-14-31/h4-18,27H,19-26,28-29H2,1-3H3. The Morgan fingerprint density at radius 1 is 0.735 bits per heavy atom. The lowest BCUT2D eigenvalue weighted by Gasteiger charge is -2.47. The first kappa shape index (κ1) is 32.5. The number of hydrogen-bond acceptors (Lipinski definition) is 7. The number of benzene rings is 2. The summed E-state index contributed by atoms with van der Waals surface area (Å²) in [6.45, 7) is 9.97. The van der Waals surface area contributed by atoms with Crippen LogP contribution in [0.3, 0.4) is 0 Å². The second kappa shape index (κ2) is 13.8. The van der Waals surface area contributed by atoms with Crippen molar-refractivity contribution < 1.29 is 19.0 Å². The van der Waals surface area contributed by atoms with Gasteiger partial charge in [0.05, 0.1) is 11.7 Å². The Balaban J connectivity index is 1.08. The summed E-state index contributed by atoms with van der Waals surface area (Å²) in [5.41, 5.74) is 4.74. The smallest absolute Gasteiger partial charge is 0.410 e. The quantitative estimate of drug-likeness (QED) is 0.166. The molecule has 2 saturated heterocycles. The van der Waals surface area contributed by atoms with Gasteiger partial charge in [-0.2, -0.15) is 10.1 Å². The summed E-state index contributed by atoms with van der Waals surface area (Å²) in [5.74, 6) is 2.09. The van der Waals surface area contributed by atoms with Crippen molar-refractivity contribution >= 4 is 17.4 Å². The summed E-state index contributed by atoms with van der Waals surface area (Å²) >= 11 is 0. The number of carbonyl (C=O) groups is 1. The van der Waals surface area contributed by atoms with E-state index in [1.54, 1.807) is 0 Å². The molecule has 0 atom stereocenters. The van der Waals surface area contributed by atoms with E-state index in [9.17, 15) is 4.79 Å². The predicted octanol–water partition coefficient (Wildman–Crippen LogP) is 8.17. The fraction of sp³-hybridized carbons (Fsp3) is 0.375. The van der Waals surface area contributed by atoms with E-state index in [0.717, 1.165) is 85.5 Å². The van der Waals surface area contributed by atoms with Gasteiger partial charge >= 0.3 is 6.09 Å². The van der Waals surface area contributed by atoms with Crippen molar-refractivity contribution in [3.05, 3.63) is 108 Å². The highest BCUT2D eigenvalue weighted by molar-refractivity contribution is 5.83. The summed E-state index contributed by atoms with van der Waals surface area (Å²) in [6, 6.07) is 30.5. The third-order valence-corrected chi connectivity index (χ3v) is 9.72. The molecular weight excluding hydrogens is 614 g/mol. The molecule has 2 fully saturated rings. The Hall–Kier alpha value is -5.05. The molecule has 7 rings (SSSR count). The second-order valence-electron chi connectivity index (χ2n) is 14.2. The molecule has 3 aromatic heterocycles. The molecule has 254 valence electrons. The molecule has 1 spiro atoms. The molecule has 0 saturated carbocycles.